The summed E-state index contributed by atoms with van der Waals surface area (Å²) in [5, 5.41) is 0. The quantitative estimate of drug-likeness (QED) is 0.796. The van der Waals surface area contributed by atoms with Crippen LogP contribution < -0.4 is 4.90 Å². The Morgan fingerprint density at radius 1 is 1.09 bits per heavy atom. The van der Waals surface area contributed by atoms with Crippen LogP contribution in [0.15, 0.2) is 30.3 Å². The van der Waals surface area contributed by atoms with Crippen LogP contribution in [0.3, 0.4) is 0 Å². The van der Waals surface area contributed by atoms with Gasteiger partial charge in [0, 0.05) is 52.4 Å². The van der Waals surface area contributed by atoms with Crippen LogP contribution in [0.1, 0.15) is 6.42 Å². The number of carbonyl (C=O) groups is 1. The van der Waals surface area contributed by atoms with E-state index in [0.29, 0.717) is 13.1 Å². The van der Waals surface area contributed by atoms with Crippen molar-refractivity contribution in [3.8, 4) is 0 Å². The molecule has 1 amide bonds. The number of benzene rings is 1. The van der Waals surface area contributed by atoms with Crippen LogP contribution in [0, 0.1) is 0 Å². The zero-order chi connectivity index (χ0) is 16.2. The zero-order valence-electron chi connectivity index (χ0n) is 13.1. The third kappa shape index (κ3) is 4.20. The van der Waals surface area contributed by atoms with Crippen LogP contribution >= 0.6 is 0 Å². The molecule has 0 unspecified atom stereocenters. The van der Waals surface area contributed by atoms with Crippen LogP contribution in [-0.4, -0.2) is 69.6 Å². The highest BCUT2D eigenvalue weighted by Gasteiger charge is 2.23. The first-order valence-electron chi connectivity index (χ1n) is 7.38. The van der Waals surface area contributed by atoms with Crippen LogP contribution in [-0.2, 0) is 14.8 Å². The molecule has 1 aliphatic rings. The normalized spacial score (nSPS) is 16.1. The first-order chi connectivity index (χ1) is 10.4. The molecule has 6 nitrogen and oxygen atoms in total. The van der Waals surface area contributed by atoms with Crippen molar-refractivity contribution >= 4 is 21.6 Å². The van der Waals surface area contributed by atoms with Crippen molar-refractivity contribution in [1.29, 1.82) is 0 Å². The average Bonchev–Trinajstić information content (AvgIpc) is 2.53. The number of piperazine rings is 1. The fourth-order valence-electron chi connectivity index (χ4n) is 2.41. The second-order valence-electron chi connectivity index (χ2n) is 5.55. The molecule has 1 heterocycles. The van der Waals surface area contributed by atoms with Crippen molar-refractivity contribution in [2.24, 2.45) is 0 Å². The van der Waals surface area contributed by atoms with Crippen molar-refractivity contribution < 1.29 is 13.2 Å². The third-order valence-corrected chi connectivity index (χ3v) is 5.72. The number of nitrogens with zero attached hydrogens (tertiary/aromatic N) is 3. The van der Waals surface area contributed by atoms with Gasteiger partial charge in [-0.05, 0) is 12.1 Å². The smallest absolute Gasteiger partial charge is 0.223 e. The van der Waals surface area contributed by atoms with Gasteiger partial charge in [0.15, 0.2) is 0 Å². The molecule has 1 aliphatic heterocycles. The SMILES string of the molecule is CN(C)S(=O)(=O)CCC(=O)N1CCN(c2ccccc2)CC1. The van der Waals surface area contributed by atoms with Crippen molar-refractivity contribution in [1.82, 2.24) is 9.21 Å². The monoisotopic (exact) mass is 325 g/mol. The van der Waals surface area contributed by atoms with E-state index in [2.05, 4.69) is 17.0 Å². The van der Waals surface area contributed by atoms with Gasteiger partial charge in [-0.25, -0.2) is 12.7 Å². The largest absolute Gasteiger partial charge is 0.368 e. The molecule has 0 bridgehead atoms. The highest BCUT2D eigenvalue weighted by Crippen LogP contribution is 2.16. The summed E-state index contributed by atoms with van der Waals surface area (Å²) in [6.07, 6.45) is 0.0475. The maximum absolute atomic E-state index is 12.1. The Bertz CT molecular complexity index is 594. The number of hydrogen-bond acceptors (Lipinski definition) is 4. The molecule has 7 heteroatoms. The molecule has 1 aromatic carbocycles. The zero-order valence-corrected chi connectivity index (χ0v) is 13.9. The summed E-state index contributed by atoms with van der Waals surface area (Å²) in [7, 11) is -0.341. The summed E-state index contributed by atoms with van der Waals surface area (Å²) in [5.74, 6) is -0.212. The van der Waals surface area contributed by atoms with Crippen LogP contribution in [0.25, 0.3) is 0 Å². The predicted octanol–water partition coefficient (Wildman–Crippen LogP) is 0.617. The number of hydrogen-bond donors (Lipinski definition) is 0. The van der Waals surface area contributed by atoms with Gasteiger partial charge < -0.3 is 9.80 Å². The van der Waals surface area contributed by atoms with Crippen LogP contribution in [0.2, 0.25) is 0 Å². The van der Waals surface area contributed by atoms with E-state index >= 15 is 0 Å². The van der Waals surface area contributed by atoms with E-state index < -0.39 is 10.0 Å². The number of anilines is 1. The minimum atomic E-state index is -3.31. The Morgan fingerprint density at radius 3 is 2.23 bits per heavy atom. The Kier molecular flexibility index (Phi) is 5.42. The van der Waals surface area contributed by atoms with Gasteiger partial charge in [-0.2, -0.15) is 0 Å². The van der Waals surface area contributed by atoms with Crippen molar-refractivity contribution in [3.05, 3.63) is 30.3 Å². The molecule has 0 aromatic heterocycles. The number of rotatable bonds is 5. The van der Waals surface area contributed by atoms with Gasteiger partial charge in [-0.1, -0.05) is 18.2 Å². The Labute approximate surface area is 132 Å². The van der Waals surface area contributed by atoms with Gasteiger partial charge >= 0.3 is 0 Å². The van der Waals surface area contributed by atoms with Gasteiger partial charge in [-0.3, -0.25) is 4.79 Å². The number of para-hydroxylation sites is 1. The third-order valence-electron chi connectivity index (χ3n) is 3.88. The molecule has 0 saturated carbocycles. The maximum atomic E-state index is 12.1. The van der Waals surface area contributed by atoms with Gasteiger partial charge in [0.05, 0.1) is 5.75 Å². The minimum absolute atomic E-state index is 0.0475. The average molecular weight is 325 g/mol. The van der Waals surface area contributed by atoms with Crippen molar-refractivity contribution in [2.45, 2.75) is 6.42 Å². The Balaban J connectivity index is 1.83. The van der Waals surface area contributed by atoms with E-state index in [4.69, 9.17) is 0 Å². The lowest BCUT2D eigenvalue weighted by Crippen LogP contribution is -2.49. The van der Waals surface area contributed by atoms with Crippen molar-refractivity contribution in [3.63, 3.8) is 0 Å². The van der Waals surface area contributed by atoms with Crippen LogP contribution in [0.5, 0.6) is 0 Å². The molecule has 2 rings (SSSR count). The summed E-state index contributed by atoms with van der Waals surface area (Å²) in [6, 6.07) is 10.1. The molecule has 0 radical (unpaired) electrons. The first kappa shape index (κ1) is 16.8. The van der Waals surface area contributed by atoms with E-state index in [9.17, 15) is 13.2 Å². The molecular formula is C15H23N3O3S. The predicted molar refractivity (Wildman–Crippen MR) is 87.3 cm³/mol. The maximum Gasteiger partial charge on any atom is 0.223 e. The second kappa shape index (κ2) is 7.11. The molecular weight excluding hydrogens is 302 g/mol. The molecule has 0 aliphatic carbocycles. The lowest BCUT2D eigenvalue weighted by Gasteiger charge is -2.36. The molecule has 1 fully saturated rings. The first-order valence-corrected chi connectivity index (χ1v) is 8.99. The van der Waals surface area contributed by atoms with Crippen LogP contribution in [0.4, 0.5) is 5.69 Å². The molecule has 0 N–H and O–H groups in total. The Hall–Kier alpha value is -1.60. The van der Waals surface area contributed by atoms with E-state index in [0.717, 1.165) is 23.1 Å². The van der Waals surface area contributed by atoms with Crippen molar-refractivity contribution in [2.75, 3.05) is 50.9 Å². The van der Waals surface area contributed by atoms with Gasteiger partial charge in [0.1, 0.15) is 0 Å². The summed E-state index contributed by atoms with van der Waals surface area (Å²) in [4.78, 5) is 16.1. The lowest BCUT2D eigenvalue weighted by atomic mass is 10.2. The fourth-order valence-corrected chi connectivity index (χ4v) is 3.21. The number of sulfonamides is 1. The van der Waals surface area contributed by atoms with Gasteiger partial charge in [0.25, 0.3) is 0 Å². The van der Waals surface area contributed by atoms with E-state index in [1.807, 2.05) is 18.2 Å². The summed E-state index contributed by atoms with van der Waals surface area (Å²) >= 11 is 0. The summed E-state index contributed by atoms with van der Waals surface area (Å²) < 4.78 is 24.6. The molecule has 1 aromatic rings. The molecule has 22 heavy (non-hydrogen) atoms. The highest BCUT2D eigenvalue weighted by atomic mass is 32.2. The Morgan fingerprint density at radius 2 is 1.68 bits per heavy atom. The highest BCUT2D eigenvalue weighted by molar-refractivity contribution is 7.89. The van der Waals surface area contributed by atoms with E-state index in [1.54, 1.807) is 4.90 Å². The molecule has 122 valence electrons. The standard InChI is InChI=1S/C15H23N3O3S/c1-16(2)22(20,21)13-8-15(19)18-11-9-17(10-12-18)14-6-4-3-5-7-14/h3-7H,8-13H2,1-2H3. The summed E-state index contributed by atoms with van der Waals surface area (Å²) in [5.41, 5.74) is 1.16. The topological polar surface area (TPSA) is 60.9 Å². The number of amides is 1. The molecule has 0 spiro atoms. The molecule has 0 atom stereocenters. The van der Waals surface area contributed by atoms with E-state index in [1.165, 1.54) is 14.1 Å². The van der Waals surface area contributed by atoms with Gasteiger partial charge in [0.2, 0.25) is 15.9 Å². The van der Waals surface area contributed by atoms with E-state index in [-0.39, 0.29) is 18.1 Å². The fraction of sp³-hybridized carbons (Fsp3) is 0.533. The molecule has 1 saturated heterocycles. The second-order valence-corrected chi connectivity index (χ2v) is 7.85. The number of carbonyl (C=O) groups excluding carboxylic acids is 1. The summed E-state index contributed by atoms with van der Waals surface area (Å²) in [6.45, 7) is 2.82. The lowest BCUT2D eigenvalue weighted by molar-refractivity contribution is -0.131. The minimum Gasteiger partial charge on any atom is -0.368 e. The van der Waals surface area contributed by atoms with Gasteiger partial charge in [-0.15, -0.1) is 0 Å².